The first kappa shape index (κ1) is 23.5. The highest BCUT2D eigenvalue weighted by Gasteiger charge is 2.09. The van der Waals surface area contributed by atoms with Gasteiger partial charge in [0.1, 0.15) is 24.3 Å². The van der Waals surface area contributed by atoms with E-state index in [0.717, 1.165) is 33.6 Å². The number of hydrogen-bond acceptors (Lipinski definition) is 6. The SMILES string of the molecule is Cc1cc(-c2cc(C)c(N)c(C)c2)cc(C)c1N.N#Cc1cc(C#N)c(C#N)cc1C#N. The van der Waals surface area contributed by atoms with Crippen LogP contribution < -0.4 is 11.5 Å². The summed E-state index contributed by atoms with van der Waals surface area (Å²) in [6.07, 6.45) is 0. The lowest BCUT2D eigenvalue weighted by molar-refractivity contribution is 1.36. The van der Waals surface area contributed by atoms with Gasteiger partial charge in [-0.15, -0.1) is 0 Å². The number of nitrogens with two attached hydrogens (primary N) is 2. The number of hydrogen-bond donors (Lipinski definition) is 2. The lowest BCUT2D eigenvalue weighted by Gasteiger charge is -2.12. The fourth-order valence-corrected chi connectivity index (χ4v) is 3.25. The van der Waals surface area contributed by atoms with E-state index in [-0.39, 0.29) is 22.3 Å². The molecule has 156 valence electrons. The summed E-state index contributed by atoms with van der Waals surface area (Å²) in [5, 5.41) is 34.6. The largest absolute Gasteiger partial charge is 0.398 e. The van der Waals surface area contributed by atoms with E-state index in [2.05, 4.69) is 24.3 Å². The Morgan fingerprint density at radius 1 is 0.469 bits per heavy atom. The van der Waals surface area contributed by atoms with E-state index < -0.39 is 0 Å². The van der Waals surface area contributed by atoms with Gasteiger partial charge in [0.15, 0.2) is 0 Å². The zero-order valence-electron chi connectivity index (χ0n) is 18.4. The minimum absolute atomic E-state index is 0.114. The van der Waals surface area contributed by atoms with Crippen LogP contribution in [0.4, 0.5) is 11.4 Å². The smallest absolute Gasteiger partial charge is 0.101 e. The Morgan fingerprint density at radius 3 is 0.875 bits per heavy atom. The highest BCUT2D eigenvalue weighted by molar-refractivity contribution is 5.74. The Hall–Kier alpha value is -4.78. The van der Waals surface area contributed by atoms with Crippen molar-refractivity contribution in [3.63, 3.8) is 0 Å². The van der Waals surface area contributed by atoms with Crippen molar-refractivity contribution < 1.29 is 0 Å². The van der Waals surface area contributed by atoms with Crippen LogP contribution in [0.25, 0.3) is 11.1 Å². The molecule has 3 aromatic rings. The minimum atomic E-state index is 0.114. The van der Waals surface area contributed by atoms with Crippen LogP contribution in [0.5, 0.6) is 0 Å². The number of nitrogen functional groups attached to an aromatic ring is 2. The highest BCUT2D eigenvalue weighted by Crippen LogP contribution is 2.30. The molecular weight excluding hydrogens is 396 g/mol. The Balaban J connectivity index is 0.000000235. The molecule has 0 aliphatic rings. The Labute approximate surface area is 188 Å². The van der Waals surface area contributed by atoms with E-state index >= 15 is 0 Å². The van der Waals surface area contributed by atoms with Crippen molar-refractivity contribution >= 4 is 11.4 Å². The van der Waals surface area contributed by atoms with Crippen LogP contribution in [0.3, 0.4) is 0 Å². The molecule has 6 heteroatoms. The number of benzene rings is 3. The first-order chi connectivity index (χ1) is 15.2. The molecule has 0 saturated heterocycles. The first-order valence-electron chi connectivity index (χ1n) is 9.69. The minimum Gasteiger partial charge on any atom is -0.398 e. The van der Waals surface area contributed by atoms with Crippen molar-refractivity contribution in [1.29, 1.82) is 21.0 Å². The third-order valence-electron chi connectivity index (χ3n) is 5.16. The Kier molecular flexibility index (Phi) is 7.21. The van der Waals surface area contributed by atoms with Crippen LogP contribution >= 0.6 is 0 Å². The standard InChI is InChI=1S/C16H20N2.C10H2N4/c1-9-5-13(6-10(2)15(9)17)14-7-11(3)16(18)12(4)8-14;11-3-7-1-8(4-12)10(6-14)2-9(7)5-13/h5-8H,17-18H2,1-4H3;1-2H. The van der Waals surface area contributed by atoms with Gasteiger partial charge in [0, 0.05) is 11.4 Å². The molecule has 0 fully saturated rings. The summed E-state index contributed by atoms with van der Waals surface area (Å²) in [5.41, 5.74) is 21.1. The normalized spacial score (nSPS) is 9.38. The second-order valence-corrected chi connectivity index (χ2v) is 7.44. The first-order valence-corrected chi connectivity index (χ1v) is 9.69. The second-order valence-electron chi connectivity index (χ2n) is 7.44. The maximum Gasteiger partial charge on any atom is 0.101 e. The average molecular weight is 419 g/mol. The van der Waals surface area contributed by atoms with E-state index in [4.69, 9.17) is 32.5 Å². The van der Waals surface area contributed by atoms with E-state index in [1.54, 1.807) is 24.3 Å². The molecule has 0 spiro atoms. The van der Waals surface area contributed by atoms with Crippen molar-refractivity contribution in [2.24, 2.45) is 0 Å². The van der Waals surface area contributed by atoms with E-state index in [9.17, 15) is 0 Å². The zero-order chi connectivity index (χ0) is 24.0. The molecule has 4 N–H and O–H groups in total. The second kappa shape index (κ2) is 9.82. The highest BCUT2D eigenvalue weighted by atomic mass is 14.6. The van der Waals surface area contributed by atoms with Crippen LogP contribution in [0, 0.1) is 73.0 Å². The molecule has 3 rings (SSSR count). The van der Waals surface area contributed by atoms with Crippen LogP contribution in [0.2, 0.25) is 0 Å². The molecule has 0 atom stereocenters. The molecule has 32 heavy (non-hydrogen) atoms. The van der Waals surface area contributed by atoms with Gasteiger partial charge in [-0.3, -0.25) is 0 Å². The van der Waals surface area contributed by atoms with Crippen LogP contribution in [-0.2, 0) is 0 Å². The molecule has 3 aromatic carbocycles. The molecule has 6 nitrogen and oxygen atoms in total. The Morgan fingerprint density at radius 2 is 0.688 bits per heavy atom. The van der Waals surface area contributed by atoms with Crippen molar-refractivity contribution in [3.8, 4) is 35.4 Å². The zero-order valence-corrected chi connectivity index (χ0v) is 18.4. The average Bonchev–Trinajstić information content (AvgIpc) is 2.79. The fourth-order valence-electron chi connectivity index (χ4n) is 3.25. The fraction of sp³-hybridized carbons (Fsp3) is 0.154. The molecule has 0 amide bonds. The molecule has 0 unspecified atom stereocenters. The summed E-state index contributed by atoms with van der Waals surface area (Å²) in [5.74, 6) is 0. The van der Waals surface area contributed by atoms with Crippen molar-refractivity contribution in [3.05, 3.63) is 80.9 Å². The van der Waals surface area contributed by atoms with Crippen LogP contribution in [0.15, 0.2) is 36.4 Å². The van der Waals surface area contributed by atoms with Crippen molar-refractivity contribution in [2.75, 3.05) is 11.5 Å². The van der Waals surface area contributed by atoms with Crippen molar-refractivity contribution in [1.82, 2.24) is 0 Å². The Bertz CT molecular complexity index is 1170. The van der Waals surface area contributed by atoms with Crippen LogP contribution in [-0.4, -0.2) is 0 Å². The molecule has 0 bridgehead atoms. The van der Waals surface area contributed by atoms with Gasteiger partial charge < -0.3 is 11.5 Å². The van der Waals surface area contributed by atoms with E-state index in [1.165, 1.54) is 23.3 Å². The van der Waals surface area contributed by atoms with Crippen LogP contribution in [0.1, 0.15) is 44.5 Å². The number of anilines is 2. The van der Waals surface area contributed by atoms with Gasteiger partial charge in [0.05, 0.1) is 22.3 Å². The lowest BCUT2D eigenvalue weighted by atomic mass is 9.95. The summed E-state index contributed by atoms with van der Waals surface area (Å²) >= 11 is 0. The third kappa shape index (κ3) is 4.85. The van der Waals surface area contributed by atoms with Gasteiger partial charge in [-0.1, -0.05) is 0 Å². The number of nitrogens with zero attached hydrogens (tertiary/aromatic N) is 4. The molecule has 0 aromatic heterocycles. The lowest BCUT2D eigenvalue weighted by Crippen LogP contribution is -1.97. The summed E-state index contributed by atoms with van der Waals surface area (Å²) in [4.78, 5) is 0. The molecule has 0 saturated carbocycles. The molecule has 0 radical (unpaired) electrons. The summed E-state index contributed by atoms with van der Waals surface area (Å²) in [7, 11) is 0. The topological polar surface area (TPSA) is 147 Å². The van der Waals surface area contributed by atoms with Gasteiger partial charge in [-0.25, -0.2) is 0 Å². The third-order valence-corrected chi connectivity index (χ3v) is 5.16. The van der Waals surface area contributed by atoms with E-state index in [0.29, 0.717) is 0 Å². The molecular formula is C26H22N6. The quantitative estimate of drug-likeness (QED) is 0.536. The number of aryl methyl sites for hydroxylation is 4. The predicted octanol–water partition coefficient (Wildman–Crippen LogP) is 4.93. The van der Waals surface area contributed by atoms with Gasteiger partial charge >= 0.3 is 0 Å². The monoisotopic (exact) mass is 418 g/mol. The number of rotatable bonds is 1. The summed E-state index contributed by atoms with van der Waals surface area (Å²) in [6, 6.07) is 18.2. The molecule has 0 aliphatic carbocycles. The van der Waals surface area contributed by atoms with Crippen molar-refractivity contribution in [2.45, 2.75) is 27.7 Å². The van der Waals surface area contributed by atoms with Gasteiger partial charge in [-0.05, 0) is 97.5 Å². The van der Waals surface area contributed by atoms with E-state index in [1.807, 2.05) is 27.7 Å². The molecule has 0 aliphatic heterocycles. The predicted molar refractivity (Wildman–Crippen MR) is 125 cm³/mol. The van der Waals surface area contributed by atoms with Gasteiger partial charge in [0.2, 0.25) is 0 Å². The maximum absolute atomic E-state index is 8.64. The molecule has 0 heterocycles. The summed E-state index contributed by atoms with van der Waals surface area (Å²) in [6.45, 7) is 8.18. The maximum atomic E-state index is 8.64. The van der Waals surface area contributed by atoms with Gasteiger partial charge in [0.25, 0.3) is 0 Å². The number of nitriles is 4. The summed E-state index contributed by atoms with van der Waals surface area (Å²) < 4.78 is 0. The van der Waals surface area contributed by atoms with Gasteiger partial charge in [-0.2, -0.15) is 21.0 Å².